The standard InChI is InChI=1S/C13H15F3N4O2S/c1-20-9-11(7-18-20)12-10(3-2-5-17-12)8-19-23(21,22)6-4-13(14,15)16/h2-3,5,7,9,19H,4,6,8H2,1H3. The molecule has 2 heterocycles. The fourth-order valence-corrected chi connectivity index (χ4v) is 2.91. The van der Waals surface area contributed by atoms with Gasteiger partial charge >= 0.3 is 6.18 Å². The number of rotatable bonds is 6. The minimum Gasteiger partial charge on any atom is -0.275 e. The summed E-state index contributed by atoms with van der Waals surface area (Å²) in [5.41, 5.74) is 1.77. The molecule has 0 saturated heterocycles. The number of hydrogen-bond donors (Lipinski definition) is 1. The molecule has 0 unspecified atom stereocenters. The topological polar surface area (TPSA) is 76.9 Å². The molecule has 0 spiro atoms. The van der Waals surface area contributed by atoms with Crippen LogP contribution in [-0.4, -0.2) is 35.1 Å². The van der Waals surface area contributed by atoms with Gasteiger partial charge in [-0.15, -0.1) is 0 Å². The van der Waals surface area contributed by atoms with E-state index in [-0.39, 0.29) is 6.54 Å². The third-order valence-electron chi connectivity index (χ3n) is 3.01. The fourth-order valence-electron chi connectivity index (χ4n) is 1.89. The first-order chi connectivity index (χ1) is 10.7. The Kier molecular flexibility index (Phi) is 5.05. The number of aromatic nitrogens is 3. The van der Waals surface area contributed by atoms with E-state index in [1.165, 1.54) is 0 Å². The zero-order valence-electron chi connectivity index (χ0n) is 12.2. The van der Waals surface area contributed by atoms with E-state index in [9.17, 15) is 21.6 Å². The summed E-state index contributed by atoms with van der Waals surface area (Å²) in [6.07, 6.45) is -1.06. The predicted octanol–water partition coefficient (Wildman–Crippen LogP) is 1.85. The number of alkyl halides is 3. The summed E-state index contributed by atoms with van der Waals surface area (Å²) in [7, 11) is -2.30. The molecule has 0 aliphatic carbocycles. The largest absolute Gasteiger partial charge is 0.390 e. The number of aryl methyl sites for hydroxylation is 1. The summed E-state index contributed by atoms with van der Waals surface area (Å²) in [6, 6.07) is 3.28. The highest BCUT2D eigenvalue weighted by Crippen LogP contribution is 2.22. The van der Waals surface area contributed by atoms with Crippen molar-refractivity contribution in [2.75, 3.05) is 5.75 Å². The molecule has 6 nitrogen and oxygen atoms in total. The summed E-state index contributed by atoms with van der Waals surface area (Å²) < 4.78 is 63.4. The monoisotopic (exact) mass is 348 g/mol. The number of nitrogens with one attached hydrogen (secondary N) is 1. The van der Waals surface area contributed by atoms with Crippen LogP contribution in [0, 0.1) is 0 Å². The molecule has 0 bridgehead atoms. The number of pyridine rings is 1. The van der Waals surface area contributed by atoms with E-state index in [0.717, 1.165) is 0 Å². The van der Waals surface area contributed by atoms with Crippen LogP contribution in [0.3, 0.4) is 0 Å². The molecule has 126 valence electrons. The summed E-state index contributed by atoms with van der Waals surface area (Å²) in [4.78, 5) is 4.18. The fraction of sp³-hybridized carbons (Fsp3) is 0.385. The van der Waals surface area contributed by atoms with Crippen molar-refractivity contribution in [3.8, 4) is 11.3 Å². The summed E-state index contributed by atoms with van der Waals surface area (Å²) >= 11 is 0. The van der Waals surface area contributed by atoms with E-state index in [0.29, 0.717) is 16.8 Å². The highest BCUT2D eigenvalue weighted by molar-refractivity contribution is 7.89. The molecule has 2 aromatic rings. The van der Waals surface area contributed by atoms with Crippen LogP contribution in [0.25, 0.3) is 11.3 Å². The van der Waals surface area contributed by atoms with Crippen LogP contribution >= 0.6 is 0 Å². The molecule has 0 fully saturated rings. The molecular formula is C13H15F3N4O2S. The highest BCUT2D eigenvalue weighted by Gasteiger charge is 2.29. The van der Waals surface area contributed by atoms with Gasteiger partial charge in [0.1, 0.15) is 0 Å². The van der Waals surface area contributed by atoms with Crippen LogP contribution in [0.1, 0.15) is 12.0 Å². The van der Waals surface area contributed by atoms with Crippen LogP contribution in [0.5, 0.6) is 0 Å². The molecule has 0 aliphatic rings. The minimum absolute atomic E-state index is 0.141. The van der Waals surface area contributed by atoms with Crippen molar-refractivity contribution in [2.45, 2.75) is 19.1 Å². The lowest BCUT2D eigenvalue weighted by Gasteiger charge is -2.10. The van der Waals surface area contributed by atoms with Crippen LogP contribution in [0.2, 0.25) is 0 Å². The van der Waals surface area contributed by atoms with Gasteiger partial charge < -0.3 is 0 Å². The Labute approximate surface area is 131 Å². The number of sulfonamides is 1. The number of hydrogen-bond acceptors (Lipinski definition) is 4. The summed E-state index contributed by atoms with van der Waals surface area (Å²) in [5.74, 6) is -1.00. The zero-order chi connectivity index (χ0) is 17.1. The van der Waals surface area contributed by atoms with Gasteiger partial charge in [0.2, 0.25) is 10.0 Å². The lowest BCUT2D eigenvalue weighted by atomic mass is 10.1. The SMILES string of the molecule is Cn1cc(-c2ncccc2CNS(=O)(=O)CCC(F)(F)F)cn1. The molecule has 2 aromatic heterocycles. The summed E-state index contributed by atoms with van der Waals surface area (Å²) in [6.45, 7) is -0.141. The maximum absolute atomic E-state index is 12.1. The average Bonchev–Trinajstić information content (AvgIpc) is 2.89. The molecule has 0 saturated carbocycles. The second kappa shape index (κ2) is 6.67. The molecule has 10 heteroatoms. The van der Waals surface area contributed by atoms with Gasteiger partial charge in [-0.1, -0.05) is 6.07 Å². The normalized spacial score (nSPS) is 12.5. The van der Waals surface area contributed by atoms with E-state index in [2.05, 4.69) is 14.8 Å². The molecule has 2 rings (SSSR count). The average molecular weight is 348 g/mol. The third-order valence-corrected chi connectivity index (χ3v) is 4.33. The van der Waals surface area contributed by atoms with Crippen LogP contribution in [0.4, 0.5) is 13.2 Å². The Hall–Kier alpha value is -1.94. The zero-order valence-corrected chi connectivity index (χ0v) is 13.0. The second-order valence-corrected chi connectivity index (χ2v) is 6.85. The Morgan fingerprint density at radius 1 is 1.35 bits per heavy atom. The quantitative estimate of drug-likeness (QED) is 0.864. The van der Waals surface area contributed by atoms with Crippen LogP contribution in [-0.2, 0) is 23.6 Å². The van der Waals surface area contributed by atoms with Gasteiger partial charge in [-0.05, 0) is 11.6 Å². The van der Waals surface area contributed by atoms with Crippen molar-refractivity contribution in [1.29, 1.82) is 0 Å². The van der Waals surface area contributed by atoms with E-state index < -0.39 is 28.4 Å². The van der Waals surface area contributed by atoms with Gasteiger partial charge in [0.15, 0.2) is 0 Å². The van der Waals surface area contributed by atoms with Crippen LogP contribution in [0.15, 0.2) is 30.7 Å². The van der Waals surface area contributed by atoms with Crippen molar-refractivity contribution in [2.24, 2.45) is 7.05 Å². The number of halogens is 3. The van der Waals surface area contributed by atoms with Gasteiger partial charge in [0.05, 0.1) is 24.1 Å². The lowest BCUT2D eigenvalue weighted by molar-refractivity contribution is -0.129. The summed E-state index contributed by atoms with van der Waals surface area (Å²) in [5, 5.41) is 4.01. The van der Waals surface area contributed by atoms with Crippen molar-refractivity contribution < 1.29 is 21.6 Å². The van der Waals surface area contributed by atoms with E-state index in [1.807, 2.05) is 0 Å². The number of nitrogens with zero attached hydrogens (tertiary/aromatic N) is 3. The smallest absolute Gasteiger partial charge is 0.275 e. The van der Waals surface area contributed by atoms with Crippen molar-refractivity contribution in [3.63, 3.8) is 0 Å². The van der Waals surface area contributed by atoms with Gasteiger partial charge in [-0.3, -0.25) is 9.67 Å². The molecule has 0 aromatic carbocycles. The Morgan fingerprint density at radius 2 is 2.09 bits per heavy atom. The van der Waals surface area contributed by atoms with E-state index in [1.54, 1.807) is 42.5 Å². The van der Waals surface area contributed by atoms with E-state index in [4.69, 9.17) is 0 Å². The molecule has 23 heavy (non-hydrogen) atoms. The Bertz CT molecular complexity index is 772. The molecule has 1 N–H and O–H groups in total. The highest BCUT2D eigenvalue weighted by atomic mass is 32.2. The van der Waals surface area contributed by atoms with E-state index >= 15 is 0 Å². The molecule has 0 aliphatic heterocycles. The van der Waals surface area contributed by atoms with Gasteiger partial charge in [-0.25, -0.2) is 13.1 Å². The lowest BCUT2D eigenvalue weighted by Crippen LogP contribution is -2.28. The maximum Gasteiger partial charge on any atom is 0.390 e. The molecule has 0 radical (unpaired) electrons. The van der Waals surface area contributed by atoms with Gasteiger partial charge in [0, 0.05) is 31.5 Å². The van der Waals surface area contributed by atoms with Crippen molar-refractivity contribution in [1.82, 2.24) is 19.5 Å². The Morgan fingerprint density at radius 3 is 2.70 bits per heavy atom. The third kappa shape index (κ3) is 5.32. The first kappa shape index (κ1) is 17.4. The van der Waals surface area contributed by atoms with Crippen LogP contribution < -0.4 is 4.72 Å². The first-order valence-corrected chi connectivity index (χ1v) is 8.28. The maximum atomic E-state index is 12.1. The van der Waals surface area contributed by atoms with Gasteiger partial charge in [0.25, 0.3) is 0 Å². The van der Waals surface area contributed by atoms with Crippen molar-refractivity contribution >= 4 is 10.0 Å². The van der Waals surface area contributed by atoms with Gasteiger partial charge in [-0.2, -0.15) is 18.3 Å². The van der Waals surface area contributed by atoms with Crippen molar-refractivity contribution in [3.05, 3.63) is 36.3 Å². The molecule has 0 atom stereocenters. The first-order valence-electron chi connectivity index (χ1n) is 6.63. The predicted molar refractivity (Wildman–Crippen MR) is 77.7 cm³/mol. The molecular weight excluding hydrogens is 333 g/mol. The minimum atomic E-state index is -4.51. The second-order valence-electron chi connectivity index (χ2n) is 4.92. The molecule has 0 amide bonds. The Balaban J connectivity index is 2.09.